The van der Waals surface area contributed by atoms with Crippen molar-refractivity contribution >= 4 is 15.9 Å². The van der Waals surface area contributed by atoms with Gasteiger partial charge in [-0.1, -0.05) is 30.3 Å². The van der Waals surface area contributed by atoms with Crippen LogP contribution in [0, 0.1) is 0 Å². The number of nitrogens with one attached hydrogen (secondary N) is 1. The second kappa shape index (κ2) is 6.68. The Morgan fingerprint density at radius 1 is 1.26 bits per heavy atom. The van der Waals surface area contributed by atoms with Gasteiger partial charge in [-0.25, -0.2) is 8.42 Å². The zero-order chi connectivity index (χ0) is 14.5. The molecule has 1 aromatic rings. The van der Waals surface area contributed by atoms with E-state index in [-0.39, 0.29) is 18.5 Å². The van der Waals surface area contributed by atoms with Crippen LogP contribution in [0.25, 0.3) is 0 Å². The lowest BCUT2D eigenvalue weighted by Crippen LogP contribution is -2.43. The van der Waals surface area contributed by atoms with Crippen molar-refractivity contribution in [1.82, 2.24) is 9.62 Å². The number of carbonyl (C=O) groups is 1. The Bertz CT molecular complexity index is 512. The molecule has 0 heterocycles. The molecule has 0 unspecified atom stereocenters. The number of carbonyl (C=O) groups excluding carboxylic acids is 1. The van der Waals surface area contributed by atoms with Crippen molar-refractivity contribution in [3.05, 3.63) is 35.9 Å². The molecule has 0 saturated carbocycles. The number of amides is 1. The predicted octanol–water partition coefficient (Wildman–Crippen LogP) is 0.973. The third kappa shape index (κ3) is 5.40. The van der Waals surface area contributed by atoms with Crippen molar-refractivity contribution in [2.45, 2.75) is 26.4 Å². The highest BCUT2D eigenvalue weighted by molar-refractivity contribution is 7.88. The molecule has 0 aliphatic heterocycles. The van der Waals surface area contributed by atoms with E-state index in [1.54, 1.807) is 13.8 Å². The molecule has 6 heteroatoms. The van der Waals surface area contributed by atoms with E-state index in [9.17, 15) is 13.2 Å². The molecular formula is C13H20N2O3S. The zero-order valence-corrected chi connectivity index (χ0v) is 12.3. The van der Waals surface area contributed by atoms with E-state index in [0.717, 1.165) is 11.8 Å². The van der Waals surface area contributed by atoms with Crippen LogP contribution in [0.1, 0.15) is 19.4 Å². The Balaban J connectivity index is 2.55. The predicted molar refractivity (Wildman–Crippen MR) is 75.0 cm³/mol. The molecule has 1 N–H and O–H groups in total. The molecule has 0 saturated heterocycles. The zero-order valence-electron chi connectivity index (χ0n) is 11.5. The minimum Gasteiger partial charge on any atom is -0.351 e. The van der Waals surface area contributed by atoms with Crippen molar-refractivity contribution in [2.75, 3.05) is 12.8 Å². The van der Waals surface area contributed by atoms with Crippen LogP contribution in [-0.4, -0.2) is 37.5 Å². The fourth-order valence-electron chi connectivity index (χ4n) is 1.68. The molecule has 1 rings (SSSR count). The van der Waals surface area contributed by atoms with Crippen molar-refractivity contribution in [3.8, 4) is 0 Å². The van der Waals surface area contributed by atoms with Crippen LogP contribution in [0.3, 0.4) is 0 Å². The minimum absolute atomic E-state index is 0.149. The molecule has 0 fully saturated rings. The van der Waals surface area contributed by atoms with E-state index in [1.165, 1.54) is 4.31 Å². The van der Waals surface area contributed by atoms with E-state index >= 15 is 0 Å². The Kier molecular flexibility index (Phi) is 5.50. The molecule has 0 aliphatic rings. The lowest BCUT2D eigenvalue weighted by Gasteiger charge is -2.23. The van der Waals surface area contributed by atoms with Gasteiger partial charge in [0.2, 0.25) is 15.9 Å². The Morgan fingerprint density at radius 2 is 1.84 bits per heavy atom. The molecular weight excluding hydrogens is 264 g/mol. The van der Waals surface area contributed by atoms with Gasteiger partial charge in [-0.05, 0) is 19.4 Å². The number of sulfonamides is 1. The number of rotatable bonds is 6. The quantitative estimate of drug-likeness (QED) is 0.846. The summed E-state index contributed by atoms with van der Waals surface area (Å²) in [5.74, 6) is -0.303. The standard InChI is InChI=1S/C13H20N2O3S/c1-11(2)15(19(3,17)18)10-13(16)14-9-12-7-5-4-6-8-12/h4-8,11H,9-10H2,1-3H3,(H,14,16). The van der Waals surface area contributed by atoms with Gasteiger partial charge in [0.05, 0.1) is 12.8 Å². The summed E-state index contributed by atoms with van der Waals surface area (Å²) in [4.78, 5) is 11.8. The van der Waals surface area contributed by atoms with E-state index in [0.29, 0.717) is 6.54 Å². The van der Waals surface area contributed by atoms with Crippen molar-refractivity contribution in [2.24, 2.45) is 0 Å². The minimum atomic E-state index is -3.37. The van der Waals surface area contributed by atoms with Gasteiger partial charge in [0, 0.05) is 12.6 Å². The Morgan fingerprint density at radius 3 is 2.32 bits per heavy atom. The first-order valence-electron chi connectivity index (χ1n) is 6.08. The average Bonchev–Trinajstić information content (AvgIpc) is 2.33. The van der Waals surface area contributed by atoms with Crippen LogP contribution in [0.4, 0.5) is 0 Å². The highest BCUT2D eigenvalue weighted by atomic mass is 32.2. The largest absolute Gasteiger partial charge is 0.351 e. The lowest BCUT2D eigenvalue weighted by molar-refractivity contribution is -0.121. The summed E-state index contributed by atoms with van der Waals surface area (Å²) in [6, 6.07) is 9.23. The highest BCUT2D eigenvalue weighted by Crippen LogP contribution is 2.04. The van der Waals surface area contributed by atoms with Crippen molar-refractivity contribution in [3.63, 3.8) is 0 Å². The van der Waals surface area contributed by atoms with E-state index in [4.69, 9.17) is 0 Å². The maximum absolute atomic E-state index is 11.8. The van der Waals surface area contributed by atoms with Crippen LogP contribution >= 0.6 is 0 Å². The molecule has 5 nitrogen and oxygen atoms in total. The SMILES string of the molecule is CC(C)N(CC(=O)NCc1ccccc1)S(C)(=O)=O. The van der Waals surface area contributed by atoms with Gasteiger partial charge < -0.3 is 5.32 Å². The van der Waals surface area contributed by atoms with E-state index in [1.807, 2.05) is 30.3 Å². The molecule has 0 aliphatic carbocycles. The first-order chi connectivity index (χ1) is 8.80. The number of hydrogen-bond acceptors (Lipinski definition) is 3. The number of hydrogen-bond donors (Lipinski definition) is 1. The molecule has 19 heavy (non-hydrogen) atoms. The van der Waals surface area contributed by atoms with Gasteiger partial charge in [0.25, 0.3) is 0 Å². The van der Waals surface area contributed by atoms with Gasteiger partial charge in [-0.2, -0.15) is 4.31 Å². The van der Waals surface area contributed by atoms with E-state index < -0.39 is 10.0 Å². The summed E-state index contributed by atoms with van der Waals surface area (Å²) < 4.78 is 24.2. The van der Waals surface area contributed by atoms with Gasteiger partial charge >= 0.3 is 0 Å². The lowest BCUT2D eigenvalue weighted by atomic mass is 10.2. The monoisotopic (exact) mass is 284 g/mol. The average molecular weight is 284 g/mol. The fourth-order valence-corrected chi connectivity index (χ4v) is 2.79. The molecule has 0 spiro atoms. The third-order valence-electron chi connectivity index (χ3n) is 2.63. The fraction of sp³-hybridized carbons (Fsp3) is 0.462. The molecule has 106 valence electrons. The second-order valence-electron chi connectivity index (χ2n) is 4.66. The third-order valence-corrected chi connectivity index (χ3v) is 4.04. The molecule has 0 atom stereocenters. The van der Waals surface area contributed by atoms with Crippen LogP contribution in [0.5, 0.6) is 0 Å². The van der Waals surface area contributed by atoms with E-state index in [2.05, 4.69) is 5.32 Å². The first-order valence-corrected chi connectivity index (χ1v) is 7.93. The van der Waals surface area contributed by atoms with Gasteiger partial charge in [-0.3, -0.25) is 4.79 Å². The Labute approximate surface area is 114 Å². The van der Waals surface area contributed by atoms with Gasteiger partial charge in [0.15, 0.2) is 0 Å². The van der Waals surface area contributed by atoms with Crippen molar-refractivity contribution < 1.29 is 13.2 Å². The molecule has 1 aromatic carbocycles. The molecule has 0 radical (unpaired) electrons. The molecule has 1 amide bonds. The molecule has 0 bridgehead atoms. The summed E-state index contributed by atoms with van der Waals surface area (Å²) in [6.45, 7) is 3.73. The maximum Gasteiger partial charge on any atom is 0.235 e. The van der Waals surface area contributed by atoms with Crippen LogP contribution < -0.4 is 5.32 Å². The summed E-state index contributed by atoms with van der Waals surface area (Å²) in [7, 11) is -3.37. The van der Waals surface area contributed by atoms with Crippen LogP contribution in [0.2, 0.25) is 0 Å². The highest BCUT2D eigenvalue weighted by Gasteiger charge is 2.22. The van der Waals surface area contributed by atoms with Crippen LogP contribution in [0.15, 0.2) is 30.3 Å². The summed E-state index contributed by atoms with van der Waals surface area (Å²) >= 11 is 0. The summed E-state index contributed by atoms with van der Waals surface area (Å²) in [6.07, 6.45) is 1.11. The number of nitrogens with zero attached hydrogens (tertiary/aromatic N) is 1. The van der Waals surface area contributed by atoms with Gasteiger partial charge in [-0.15, -0.1) is 0 Å². The summed E-state index contributed by atoms with van der Waals surface area (Å²) in [5.41, 5.74) is 0.978. The smallest absolute Gasteiger partial charge is 0.235 e. The number of benzene rings is 1. The maximum atomic E-state index is 11.8. The second-order valence-corrected chi connectivity index (χ2v) is 6.60. The first kappa shape index (κ1) is 15.7. The molecule has 0 aromatic heterocycles. The van der Waals surface area contributed by atoms with Crippen LogP contribution in [-0.2, 0) is 21.4 Å². The normalized spacial score (nSPS) is 11.8. The van der Waals surface area contributed by atoms with Crippen molar-refractivity contribution in [1.29, 1.82) is 0 Å². The topological polar surface area (TPSA) is 66.5 Å². The van der Waals surface area contributed by atoms with Gasteiger partial charge in [0.1, 0.15) is 0 Å². The Hall–Kier alpha value is -1.40. The summed E-state index contributed by atoms with van der Waals surface area (Å²) in [5, 5.41) is 2.71.